The first-order valence-electron chi connectivity index (χ1n) is 16.1. The van der Waals surface area contributed by atoms with Crippen LogP contribution in [-0.4, -0.2) is 46.8 Å². The number of benzene rings is 3. The van der Waals surface area contributed by atoms with E-state index in [1.807, 2.05) is 36.4 Å². The number of aliphatic hydroxyl groups is 1. The van der Waals surface area contributed by atoms with E-state index in [0.29, 0.717) is 49.3 Å². The lowest BCUT2D eigenvalue weighted by Gasteiger charge is -2.23. The maximum absolute atomic E-state index is 13.9. The van der Waals surface area contributed by atoms with Gasteiger partial charge in [0.25, 0.3) is 15.7 Å². The molecule has 3 aromatic carbocycles. The number of hydrogen-bond acceptors (Lipinski definition) is 8. The van der Waals surface area contributed by atoms with Gasteiger partial charge in [0, 0.05) is 31.4 Å². The second-order valence-electron chi connectivity index (χ2n) is 12.4. The highest BCUT2D eigenvalue weighted by Crippen LogP contribution is 2.48. The van der Waals surface area contributed by atoms with Crippen molar-refractivity contribution in [1.29, 1.82) is 0 Å². The van der Waals surface area contributed by atoms with E-state index in [4.69, 9.17) is 9.47 Å². The number of methoxy groups -OCH3 is 2. The average Bonchev–Trinajstić information content (AvgIpc) is 3.84. The molecule has 0 aliphatic heterocycles. The highest BCUT2D eigenvalue weighted by atomic mass is 32.2. The van der Waals surface area contributed by atoms with E-state index >= 15 is 0 Å². The van der Waals surface area contributed by atoms with Gasteiger partial charge in [-0.1, -0.05) is 42.5 Å². The molecule has 0 saturated carbocycles. The van der Waals surface area contributed by atoms with Crippen LogP contribution in [-0.2, 0) is 54.5 Å². The first kappa shape index (κ1) is 33.4. The zero-order valence-corrected chi connectivity index (χ0v) is 28.0. The van der Waals surface area contributed by atoms with Crippen LogP contribution in [0.5, 0.6) is 11.5 Å². The lowest BCUT2D eigenvalue weighted by atomic mass is 9.88. The lowest BCUT2D eigenvalue weighted by molar-refractivity contribution is -0.387. The third-order valence-corrected chi connectivity index (χ3v) is 11.0. The van der Waals surface area contributed by atoms with Gasteiger partial charge in [-0.3, -0.25) is 14.8 Å². The Bertz CT molecular complexity index is 1870. The SMILES string of the molecule is COc1ccc(CN(Cc2ccc(OC)cc2)S(=O)(=O)c2ccn(CCC=CCC3(O)CCc4cc5c(c([N+](=O)[O-])c43)CCC5)n2)cc1. The van der Waals surface area contributed by atoms with Crippen LogP contribution in [0.2, 0.25) is 0 Å². The van der Waals surface area contributed by atoms with Crippen LogP contribution in [0.4, 0.5) is 5.69 Å². The second-order valence-corrected chi connectivity index (χ2v) is 14.3. The van der Waals surface area contributed by atoms with Gasteiger partial charge in [0.05, 0.1) is 24.7 Å². The molecule has 2 aliphatic rings. The average molecular weight is 673 g/mol. The molecular weight excluding hydrogens is 632 g/mol. The van der Waals surface area contributed by atoms with Crippen molar-refractivity contribution >= 4 is 15.7 Å². The van der Waals surface area contributed by atoms with E-state index in [0.717, 1.165) is 40.7 Å². The summed E-state index contributed by atoms with van der Waals surface area (Å²) in [6.45, 7) is 0.702. The number of aromatic nitrogens is 2. The molecule has 0 spiro atoms. The molecule has 0 amide bonds. The van der Waals surface area contributed by atoms with Crippen LogP contribution in [0, 0.1) is 10.1 Å². The molecule has 1 N–H and O–H groups in total. The van der Waals surface area contributed by atoms with Gasteiger partial charge in [-0.15, -0.1) is 0 Å². The summed E-state index contributed by atoms with van der Waals surface area (Å²) in [5, 5.41) is 28.0. The van der Waals surface area contributed by atoms with E-state index in [1.54, 1.807) is 49.4 Å². The second kappa shape index (κ2) is 13.9. The summed E-state index contributed by atoms with van der Waals surface area (Å²) in [7, 11) is -0.811. The summed E-state index contributed by atoms with van der Waals surface area (Å²) in [6, 6.07) is 18.1. The Labute approximate surface area is 280 Å². The number of nitrogens with zero attached hydrogens (tertiary/aromatic N) is 4. The van der Waals surface area contributed by atoms with Crippen molar-refractivity contribution in [3.63, 3.8) is 0 Å². The first-order chi connectivity index (χ1) is 23.1. The number of hydrogen-bond donors (Lipinski definition) is 1. The number of nitro groups is 1. The van der Waals surface area contributed by atoms with Crippen molar-refractivity contribution in [2.75, 3.05) is 14.2 Å². The zero-order valence-electron chi connectivity index (χ0n) is 27.2. The molecule has 1 unspecified atom stereocenters. The summed E-state index contributed by atoms with van der Waals surface area (Å²) < 4.78 is 41.3. The minimum absolute atomic E-state index is 0.0507. The molecule has 252 valence electrons. The van der Waals surface area contributed by atoms with Crippen LogP contribution in [0.15, 0.2) is 84.0 Å². The molecule has 0 fully saturated rings. The molecular formula is C36H40N4O7S. The van der Waals surface area contributed by atoms with Crippen molar-refractivity contribution in [2.24, 2.45) is 0 Å². The van der Waals surface area contributed by atoms with Gasteiger partial charge >= 0.3 is 0 Å². The molecule has 48 heavy (non-hydrogen) atoms. The van der Waals surface area contributed by atoms with Gasteiger partial charge in [-0.2, -0.15) is 9.40 Å². The van der Waals surface area contributed by atoms with E-state index in [-0.39, 0.29) is 35.1 Å². The Morgan fingerprint density at radius 2 is 1.60 bits per heavy atom. The summed E-state index contributed by atoms with van der Waals surface area (Å²) >= 11 is 0. The minimum atomic E-state index is -3.97. The van der Waals surface area contributed by atoms with Crippen molar-refractivity contribution < 1.29 is 27.9 Å². The fraction of sp³-hybridized carbons (Fsp3) is 0.361. The molecule has 4 aromatic rings. The molecule has 12 heteroatoms. The number of allylic oxidation sites excluding steroid dienone is 1. The van der Waals surface area contributed by atoms with Crippen LogP contribution >= 0.6 is 0 Å². The maximum atomic E-state index is 13.9. The van der Waals surface area contributed by atoms with E-state index in [1.165, 1.54) is 10.4 Å². The fourth-order valence-electron chi connectivity index (χ4n) is 6.81. The highest BCUT2D eigenvalue weighted by Gasteiger charge is 2.44. The summed E-state index contributed by atoms with van der Waals surface area (Å²) in [4.78, 5) is 11.8. The van der Waals surface area contributed by atoms with Crippen molar-refractivity contribution in [1.82, 2.24) is 14.1 Å². The molecule has 0 saturated heterocycles. The number of rotatable bonds is 14. The Balaban J connectivity index is 1.13. The smallest absolute Gasteiger partial charge is 0.279 e. The molecule has 1 atom stereocenters. The lowest BCUT2D eigenvalue weighted by Crippen LogP contribution is -2.30. The quantitative estimate of drug-likeness (QED) is 0.1000. The fourth-order valence-corrected chi connectivity index (χ4v) is 8.15. The van der Waals surface area contributed by atoms with Gasteiger partial charge in [0.1, 0.15) is 17.1 Å². The third kappa shape index (κ3) is 6.87. The van der Waals surface area contributed by atoms with Crippen LogP contribution < -0.4 is 9.47 Å². The van der Waals surface area contributed by atoms with Crippen LogP contribution in [0.25, 0.3) is 0 Å². The Hall–Kier alpha value is -4.52. The van der Waals surface area contributed by atoms with Gasteiger partial charge in [0.2, 0.25) is 0 Å². The standard InChI is InChI=1S/C36H40N4O7S/c1-46-30-13-9-26(10-14-30)24-39(25-27-11-15-31(47-2)16-12-27)48(44,45)33-18-22-38(37-33)21-5-3-4-19-36(41)20-17-29-23-28-7-6-8-32(28)35(34(29)36)40(42)43/h3-4,9-16,18,22-23,41H,5-8,17,19-21,24-25H2,1-2H3. The molecule has 11 nitrogen and oxygen atoms in total. The van der Waals surface area contributed by atoms with E-state index in [2.05, 4.69) is 11.2 Å². The summed E-state index contributed by atoms with van der Waals surface area (Å²) in [5.74, 6) is 1.37. The summed E-state index contributed by atoms with van der Waals surface area (Å²) in [5.41, 5.74) is 3.62. The molecule has 0 radical (unpaired) electrons. The van der Waals surface area contributed by atoms with Crippen LogP contribution in [0.1, 0.15) is 59.1 Å². The Kier molecular flexibility index (Phi) is 9.68. The predicted octanol–water partition coefficient (Wildman–Crippen LogP) is 5.86. The van der Waals surface area contributed by atoms with Crippen molar-refractivity contribution in [3.05, 3.63) is 123 Å². The molecule has 1 aromatic heterocycles. The number of sulfonamides is 1. The van der Waals surface area contributed by atoms with Gasteiger partial charge in [0.15, 0.2) is 5.03 Å². The molecule has 6 rings (SSSR count). The first-order valence-corrected chi connectivity index (χ1v) is 17.5. The number of ether oxygens (including phenoxy) is 2. The van der Waals surface area contributed by atoms with Gasteiger partial charge in [-0.05, 0) is 97.5 Å². The highest BCUT2D eigenvalue weighted by molar-refractivity contribution is 7.89. The van der Waals surface area contributed by atoms with E-state index in [9.17, 15) is 23.6 Å². The maximum Gasteiger partial charge on any atom is 0.279 e. The topological polar surface area (TPSA) is 137 Å². The summed E-state index contributed by atoms with van der Waals surface area (Å²) in [6.07, 6.45) is 9.70. The Morgan fingerprint density at radius 1 is 0.958 bits per heavy atom. The zero-order chi connectivity index (χ0) is 33.9. The largest absolute Gasteiger partial charge is 0.497 e. The number of aryl methyl sites for hydroxylation is 3. The number of nitro benzene ring substituents is 1. The van der Waals surface area contributed by atoms with Crippen LogP contribution in [0.3, 0.4) is 0 Å². The third-order valence-electron chi connectivity index (χ3n) is 9.31. The van der Waals surface area contributed by atoms with Crippen molar-refractivity contribution in [2.45, 2.75) is 75.2 Å². The van der Waals surface area contributed by atoms with Crippen molar-refractivity contribution in [3.8, 4) is 11.5 Å². The molecule has 1 heterocycles. The molecule has 2 aliphatic carbocycles. The Morgan fingerprint density at radius 3 is 2.21 bits per heavy atom. The monoisotopic (exact) mass is 672 g/mol. The number of fused-ring (bicyclic) bond motifs is 2. The minimum Gasteiger partial charge on any atom is -0.497 e. The van der Waals surface area contributed by atoms with Gasteiger partial charge in [-0.25, -0.2) is 8.42 Å². The predicted molar refractivity (Wildman–Crippen MR) is 180 cm³/mol. The van der Waals surface area contributed by atoms with E-state index < -0.39 is 15.6 Å². The molecule has 0 bridgehead atoms. The van der Waals surface area contributed by atoms with Gasteiger partial charge < -0.3 is 14.6 Å². The normalized spacial score (nSPS) is 17.2.